The molecule has 18 heavy (non-hydrogen) atoms. The summed E-state index contributed by atoms with van der Waals surface area (Å²) in [6.07, 6.45) is 0. The summed E-state index contributed by atoms with van der Waals surface area (Å²) in [5.41, 5.74) is 4.91. The second-order valence-electron chi connectivity index (χ2n) is 3.89. The van der Waals surface area contributed by atoms with Crippen molar-refractivity contribution in [2.24, 2.45) is 5.73 Å². The summed E-state index contributed by atoms with van der Waals surface area (Å²) < 4.78 is 10.4. The minimum atomic E-state index is -1.52. The van der Waals surface area contributed by atoms with Crippen LogP contribution in [0.1, 0.15) is 12.5 Å². The Morgan fingerprint density at radius 1 is 1.28 bits per heavy atom. The first-order valence-corrected chi connectivity index (χ1v) is 5.84. The van der Waals surface area contributed by atoms with Crippen molar-refractivity contribution in [1.29, 1.82) is 0 Å². The lowest BCUT2D eigenvalue weighted by Crippen LogP contribution is -2.49. The third kappa shape index (κ3) is 3.80. The largest absolute Gasteiger partial charge is 0.480 e. The Morgan fingerprint density at radius 3 is 2.44 bits per heavy atom. The van der Waals surface area contributed by atoms with Crippen molar-refractivity contribution in [3.8, 4) is 0 Å². The Balaban J connectivity index is 2.62. The summed E-state index contributed by atoms with van der Waals surface area (Å²) in [7, 11) is 0. The van der Waals surface area contributed by atoms with Crippen molar-refractivity contribution in [3.63, 3.8) is 0 Å². The van der Waals surface area contributed by atoms with E-state index in [9.17, 15) is 9.90 Å². The molecule has 1 aromatic rings. The van der Waals surface area contributed by atoms with Gasteiger partial charge in [0.25, 0.3) is 0 Å². The Hall–Kier alpha value is -1.43. The van der Waals surface area contributed by atoms with Crippen LogP contribution in [0.3, 0.4) is 0 Å². The number of hydrogen-bond acceptors (Lipinski definition) is 4. The Morgan fingerprint density at radius 2 is 1.89 bits per heavy atom. The van der Waals surface area contributed by atoms with E-state index in [2.05, 4.69) is 0 Å². The van der Waals surface area contributed by atoms with Gasteiger partial charge in [0, 0.05) is 6.61 Å². The van der Waals surface area contributed by atoms with E-state index in [1.807, 2.05) is 13.0 Å². The first-order chi connectivity index (χ1) is 8.61. The molecule has 5 nitrogen and oxygen atoms in total. The molecule has 0 saturated heterocycles. The summed E-state index contributed by atoms with van der Waals surface area (Å²) in [5, 5.41) is 9.25. The molecule has 3 N–H and O–H groups in total. The van der Waals surface area contributed by atoms with Gasteiger partial charge >= 0.3 is 5.97 Å². The molecule has 0 spiro atoms. The highest BCUT2D eigenvalue weighted by Gasteiger charge is 2.36. The molecule has 1 unspecified atom stereocenters. The lowest BCUT2D eigenvalue weighted by atomic mass is 9.92. The number of carboxylic acid groups (broad SMARTS) is 1. The van der Waals surface area contributed by atoms with Crippen LogP contribution in [0.5, 0.6) is 0 Å². The highest BCUT2D eigenvalue weighted by Crippen LogP contribution is 2.18. The standard InChI is InChI=1S/C13H19NO4/c1-2-17-8-9-18-10-13(14,12(15)16)11-6-4-3-5-7-11/h3-7H,2,8-10,14H2,1H3,(H,15,16). The number of carbonyl (C=O) groups is 1. The molecule has 0 aliphatic heterocycles. The van der Waals surface area contributed by atoms with Gasteiger partial charge < -0.3 is 20.3 Å². The number of aliphatic carboxylic acids is 1. The molecule has 0 aliphatic rings. The molecular formula is C13H19NO4. The zero-order chi connectivity index (χ0) is 13.4. The fourth-order valence-electron chi connectivity index (χ4n) is 1.50. The molecule has 1 aromatic carbocycles. The lowest BCUT2D eigenvalue weighted by Gasteiger charge is -2.25. The highest BCUT2D eigenvalue weighted by molar-refractivity contribution is 5.80. The van der Waals surface area contributed by atoms with Crippen molar-refractivity contribution < 1.29 is 19.4 Å². The number of ether oxygens (including phenoxy) is 2. The lowest BCUT2D eigenvalue weighted by molar-refractivity contribution is -0.146. The summed E-state index contributed by atoms with van der Waals surface area (Å²) in [5.74, 6) is -1.11. The van der Waals surface area contributed by atoms with Crippen LogP contribution in [0, 0.1) is 0 Å². The van der Waals surface area contributed by atoms with Gasteiger partial charge in [-0.3, -0.25) is 0 Å². The highest BCUT2D eigenvalue weighted by atomic mass is 16.5. The van der Waals surface area contributed by atoms with Crippen molar-refractivity contribution >= 4 is 5.97 Å². The van der Waals surface area contributed by atoms with Crippen LogP contribution in [0.15, 0.2) is 30.3 Å². The fourth-order valence-corrected chi connectivity index (χ4v) is 1.50. The Bertz CT molecular complexity index is 369. The van der Waals surface area contributed by atoms with Gasteiger partial charge in [0.15, 0.2) is 5.54 Å². The molecule has 1 rings (SSSR count). The Kier molecular flexibility index (Phi) is 5.77. The third-order valence-corrected chi connectivity index (χ3v) is 2.58. The molecule has 0 heterocycles. The molecule has 0 fully saturated rings. The van der Waals surface area contributed by atoms with E-state index in [0.717, 1.165) is 0 Å². The normalized spacial score (nSPS) is 14.1. The maximum Gasteiger partial charge on any atom is 0.330 e. The van der Waals surface area contributed by atoms with Crippen LogP contribution in [0.2, 0.25) is 0 Å². The first kappa shape index (κ1) is 14.6. The van der Waals surface area contributed by atoms with Crippen molar-refractivity contribution in [2.45, 2.75) is 12.5 Å². The van der Waals surface area contributed by atoms with E-state index in [4.69, 9.17) is 15.2 Å². The van der Waals surface area contributed by atoms with Gasteiger partial charge in [-0.15, -0.1) is 0 Å². The Labute approximate surface area is 107 Å². The molecular weight excluding hydrogens is 234 g/mol. The predicted molar refractivity (Wildman–Crippen MR) is 67.3 cm³/mol. The van der Waals surface area contributed by atoms with Crippen LogP contribution >= 0.6 is 0 Å². The van der Waals surface area contributed by atoms with Crippen molar-refractivity contribution in [3.05, 3.63) is 35.9 Å². The quantitative estimate of drug-likeness (QED) is 0.675. The molecule has 0 amide bonds. The maximum absolute atomic E-state index is 11.3. The van der Waals surface area contributed by atoms with E-state index in [1.165, 1.54) is 0 Å². The van der Waals surface area contributed by atoms with Crippen LogP contribution < -0.4 is 5.73 Å². The number of nitrogens with two attached hydrogens (primary N) is 1. The molecule has 0 radical (unpaired) electrons. The van der Waals surface area contributed by atoms with E-state index in [-0.39, 0.29) is 6.61 Å². The smallest absolute Gasteiger partial charge is 0.330 e. The zero-order valence-electron chi connectivity index (χ0n) is 10.5. The van der Waals surface area contributed by atoms with Crippen LogP contribution in [0.4, 0.5) is 0 Å². The van der Waals surface area contributed by atoms with Crippen molar-refractivity contribution in [1.82, 2.24) is 0 Å². The van der Waals surface area contributed by atoms with E-state index >= 15 is 0 Å². The van der Waals surface area contributed by atoms with Gasteiger partial charge in [0.05, 0.1) is 19.8 Å². The van der Waals surface area contributed by atoms with Crippen LogP contribution in [-0.2, 0) is 19.8 Å². The molecule has 100 valence electrons. The minimum absolute atomic E-state index is 0.0839. The van der Waals surface area contributed by atoms with Crippen LogP contribution in [-0.4, -0.2) is 37.5 Å². The number of benzene rings is 1. The van der Waals surface area contributed by atoms with E-state index in [0.29, 0.717) is 25.4 Å². The second kappa shape index (κ2) is 7.10. The van der Waals surface area contributed by atoms with Gasteiger partial charge in [0.1, 0.15) is 0 Å². The third-order valence-electron chi connectivity index (χ3n) is 2.58. The zero-order valence-corrected chi connectivity index (χ0v) is 10.5. The second-order valence-corrected chi connectivity index (χ2v) is 3.89. The van der Waals surface area contributed by atoms with Crippen molar-refractivity contribution in [2.75, 3.05) is 26.4 Å². The average Bonchev–Trinajstić information content (AvgIpc) is 2.39. The van der Waals surface area contributed by atoms with Gasteiger partial charge in [-0.25, -0.2) is 4.79 Å². The van der Waals surface area contributed by atoms with Gasteiger partial charge in [-0.05, 0) is 12.5 Å². The molecule has 0 aliphatic carbocycles. The van der Waals surface area contributed by atoms with Gasteiger partial charge in [-0.2, -0.15) is 0 Å². The molecule has 0 aromatic heterocycles. The van der Waals surface area contributed by atoms with Gasteiger partial charge in [-0.1, -0.05) is 30.3 Å². The summed E-state index contributed by atoms with van der Waals surface area (Å²) >= 11 is 0. The average molecular weight is 253 g/mol. The van der Waals surface area contributed by atoms with Crippen LogP contribution in [0.25, 0.3) is 0 Å². The molecule has 0 bridgehead atoms. The number of carboxylic acids is 1. The molecule has 5 heteroatoms. The number of hydrogen-bond donors (Lipinski definition) is 2. The fraction of sp³-hybridized carbons (Fsp3) is 0.462. The monoisotopic (exact) mass is 253 g/mol. The topological polar surface area (TPSA) is 81.8 Å². The first-order valence-electron chi connectivity index (χ1n) is 5.84. The summed E-state index contributed by atoms with van der Waals surface area (Å²) in [4.78, 5) is 11.3. The molecule has 0 saturated carbocycles. The number of rotatable bonds is 8. The summed E-state index contributed by atoms with van der Waals surface area (Å²) in [6.45, 7) is 3.16. The van der Waals surface area contributed by atoms with E-state index in [1.54, 1.807) is 24.3 Å². The van der Waals surface area contributed by atoms with E-state index < -0.39 is 11.5 Å². The summed E-state index contributed by atoms with van der Waals surface area (Å²) in [6, 6.07) is 8.67. The SMILES string of the molecule is CCOCCOCC(N)(C(=O)O)c1ccccc1. The maximum atomic E-state index is 11.3. The van der Waals surface area contributed by atoms with Gasteiger partial charge in [0.2, 0.25) is 0 Å². The predicted octanol–water partition coefficient (Wildman–Crippen LogP) is 0.978. The molecule has 1 atom stereocenters. The minimum Gasteiger partial charge on any atom is -0.480 e.